The van der Waals surface area contributed by atoms with Gasteiger partial charge >= 0.3 is 0 Å². The van der Waals surface area contributed by atoms with Crippen LogP contribution in [0.2, 0.25) is 0 Å². The second-order valence-corrected chi connectivity index (χ2v) is 3.35. The van der Waals surface area contributed by atoms with Gasteiger partial charge in [-0.2, -0.15) is 0 Å². The molecule has 74 valence electrons. The number of benzene rings is 1. The van der Waals surface area contributed by atoms with Crippen LogP contribution in [0.25, 0.3) is 0 Å². The van der Waals surface area contributed by atoms with E-state index in [9.17, 15) is 9.18 Å². The number of halogens is 1. The van der Waals surface area contributed by atoms with E-state index >= 15 is 0 Å². The van der Waals surface area contributed by atoms with E-state index in [1.165, 1.54) is 13.8 Å². The summed E-state index contributed by atoms with van der Waals surface area (Å²) in [7, 11) is 0. The molecule has 1 aromatic rings. The van der Waals surface area contributed by atoms with Gasteiger partial charge < -0.3 is 0 Å². The molecule has 0 aliphatic heterocycles. The number of hydrogen-bond donors (Lipinski definition) is 0. The monoisotopic (exact) mass is 192 g/mol. The van der Waals surface area contributed by atoms with E-state index in [1.807, 2.05) is 19.1 Å². The molecule has 0 atom stereocenters. The minimum Gasteiger partial charge on any atom is -0.289 e. The van der Waals surface area contributed by atoms with Gasteiger partial charge in [0.2, 0.25) is 0 Å². The second-order valence-electron chi connectivity index (χ2n) is 3.35. The molecule has 0 spiro atoms. The molecule has 0 aliphatic rings. The van der Waals surface area contributed by atoms with Gasteiger partial charge in [0.15, 0.2) is 5.78 Å². The van der Waals surface area contributed by atoms with Crippen molar-refractivity contribution in [3.63, 3.8) is 0 Å². The molecule has 0 bridgehead atoms. The lowest BCUT2D eigenvalue weighted by Gasteiger charge is -2.01. The molecule has 1 nitrogen and oxygen atoms in total. The number of aryl methyl sites for hydroxylation is 1. The van der Waals surface area contributed by atoms with Gasteiger partial charge in [-0.05, 0) is 20.8 Å². The summed E-state index contributed by atoms with van der Waals surface area (Å²) >= 11 is 0. The van der Waals surface area contributed by atoms with Crippen LogP contribution in [0.15, 0.2) is 35.7 Å². The SMILES string of the molecule is C/C(F)=C(/C)C(=O)c1ccc(C)cc1. The van der Waals surface area contributed by atoms with Gasteiger partial charge in [0, 0.05) is 11.1 Å². The molecule has 0 fully saturated rings. The van der Waals surface area contributed by atoms with Crippen molar-refractivity contribution in [1.29, 1.82) is 0 Å². The van der Waals surface area contributed by atoms with Crippen LogP contribution in [0.4, 0.5) is 4.39 Å². The lowest BCUT2D eigenvalue weighted by Crippen LogP contribution is -2.01. The fourth-order valence-corrected chi connectivity index (χ4v) is 1.08. The van der Waals surface area contributed by atoms with Crippen molar-refractivity contribution >= 4 is 5.78 Å². The third-order valence-electron chi connectivity index (χ3n) is 2.17. The summed E-state index contributed by atoms with van der Waals surface area (Å²) < 4.78 is 12.8. The summed E-state index contributed by atoms with van der Waals surface area (Å²) in [5.41, 5.74) is 1.79. The summed E-state index contributed by atoms with van der Waals surface area (Å²) in [6.45, 7) is 4.73. The topological polar surface area (TPSA) is 17.1 Å². The third kappa shape index (κ3) is 2.28. The van der Waals surface area contributed by atoms with Gasteiger partial charge in [-0.3, -0.25) is 4.79 Å². The van der Waals surface area contributed by atoms with Gasteiger partial charge in [0.25, 0.3) is 0 Å². The van der Waals surface area contributed by atoms with Gasteiger partial charge in [-0.15, -0.1) is 0 Å². The first-order valence-electron chi connectivity index (χ1n) is 4.46. The summed E-state index contributed by atoms with van der Waals surface area (Å²) in [5, 5.41) is 0. The summed E-state index contributed by atoms with van der Waals surface area (Å²) in [4.78, 5) is 11.6. The lowest BCUT2D eigenvalue weighted by molar-refractivity contribution is 0.103. The molecule has 0 amide bonds. The van der Waals surface area contributed by atoms with E-state index in [0.717, 1.165) is 5.56 Å². The lowest BCUT2D eigenvalue weighted by atomic mass is 10.0. The minimum absolute atomic E-state index is 0.175. The molecule has 0 saturated heterocycles. The fourth-order valence-electron chi connectivity index (χ4n) is 1.08. The molecule has 0 unspecified atom stereocenters. The molecule has 0 aliphatic carbocycles. The number of ketones is 1. The number of rotatable bonds is 2. The summed E-state index contributed by atoms with van der Waals surface area (Å²) in [6.07, 6.45) is 0. The summed E-state index contributed by atoms with van der Waals surface area (Å²) in [6, 6.07) is 7.11. The van der Waals surface area contributed by atoms with Crippen molar-refractivity contribution in [3.05, 3.63) is 46.8 Å². The molecule has 2 heteroatoms. The maximum absolute atomic E-state index is 12.8. The van der Waals surface area contributed by atoms with Crippen LogP contribution >= 0.6 is 0 Å². The first-order valence-corrected chi connectivity index (χ1v) is 4.46. The maximum Gasteiger partial charge on any atom is 0.191 e. The van der Waals surface area contributed by atoms with Gasteiger partial charge in [0.1, 0.15) is 5.83 Å². The van der Waals surface area contributed by atoms with Crippen LogP contribution in [0.3, 0.4) is 0 Å². The van der Waals surface area contributed by atoms with Crippen LogP contribution in [-0.2, 0) is 0 Å². The van der Waals surface area contributed by atoms with Crippen molar-refractivity contribution in [2.45, 2.75) is 20.8 Å². The van der Waals surface area contributed by atoms with Crippen molar-refractivity contribution < 1.29 is 9.18 Å². The quantitative estimate of drug-likeness (QED) is 0.518. The molecule has 0 saturated carbocycles. The van der Waals surface area contributed by atoms with Gasteiger partial charge in [0.05, 0.1) is 0 Å². The first kappa shape index (κ1) is 10.6. The second kappa shape index (κ2) is 4.18. The van der Waals surface area contributed by atoms with Crippen LogP contribution in [-0.4, -0.2) is 5.78 Å². The molecule has 0 aromatic heterocycles. The average molecular weight is 192 g/mol. The Morgan fingerprint density at radius 1 is 1.14 bits per heavy atom. The highest BCUT2D eigenvalue weighted by atomic mass is 19.1. The van der Waals surface area contributed by atoms with E-state index in [2.05, 4.69) is 0 Å². The van der Waals surface area contributed by atoms with Crippen LogP contribution in [0.1, 0.15) is 29.8 Å². The maximum atomic E-state index is 12.8. The number of carbonyl (C=O) groups excluding carboxylic acids is 1. The number of allylic oxidation sites excluding steroid dienone is 2. The Bertz CT molecular complexity index is 370. The average Bonchev–Trinajstić information content (AvgIpc) is 2.16. The Kier molecular flexibility index (Phi) is 3.18. The predicted octanol–water partition coefficient (Wildman–Crippen LogP) is 3.44. The van der Waals surface area contributed by atoms with E-state index in [0.29, 0.717) is 5.56 Å². The molecule has 1 rings (SSSR count). The zero-order valence-electron chi connectivity index (χ0n) is 8.60. The third-order valence-corrected chi connectivity index (χ3v) is 2.17. The molecule has 0 N–H and O–H groups in total. The fraction of sp³-hybridized carbons (Fsp3) is 0.250. The van der Waals surface area contributed by atoms with E-state index in [4.69, 9.17) is 0 Å². The molecule has 0 heterocycles. The first-order chi connectivity index (χ1) is 6.52. The minimum atomic E-state index is -0.421. The normalized spacial score (nSPS) is 12.3. The number of hydrogen-bond acceptors (Lipinski definition) is 1. The van der Waals surface area contributed by atoms with E-state index in [-0.39, 0.29) is 11.4 Å². The Hall–Kier alpha value is -1.44. The van der Waals surface area contributed by atoms with Crippen LogP contribution < -0.4 is 0 Å². The molecular weight excluding hydrogens is 179 g/mol. The zero-order valence-corrected chi connectivity index (χ0v) is 8.60. The van der Waals surface area contributed by atoms with Crippen molar-refractivity contribution in [2.75, 3.05) is 0 Å². The Morgan fingerprint density at radius 2 is 1.64 bits per heavy atom. The van der Waals surface area contributed by atoms with Crippen molar-refractivity contribution in [1.82, 2.24) is 0 Å². The smallest absolute Gasteiger partial charge is 0.191 e. The van der Waals surface area contributed by atoms with Gasteiger partial charge in [-0.1, -0.05) is 29.8 Å². The standard InChI is InChI=1S/C12H13FO/c1-8-4-6-11(7-5-8)12(14)9(2)10(3)13/h4-7H,1-3H3/b10-9+. The summed E-state index contributed by atoms with van der Waals surface area (Å²) in [5.74, 6) is -0.666. The van der Waals surface area contributed by atoms with E-state index in [1.54, 1.807) is 12.1 Å². The Balaban J connectivity index is 3.02. The van der Waals surface area contributed by atoms with Crippen molar-refractivity contribution in [3.8, 4) is 0 Å². The van der Waals surface area contributed by atoms with Gasteiger partial charge in [-0.25, -0.2) is 4.39 Å². The Labute approximate surface area is 83.3 Å². The Morgan fingerprint density at radius 3 is 2.07 bits per heavy atom. The zero-order chi connectivity index (χ0) is 10.7. The van der Waals surface area contributed by atoms with Crippen LogP contribution in [0.5, 0.6) is 0 Å². The molecule has 14 heavy (non-hydrogen) atoms. The highest BCUT2D eigenvalue weighted by Gasteiger charge is 2.10. The largest absolute Gasteiger partial charge is 0.289 e. The highest BCUT2D eigenvalue weighted by Crippen LogP contribution is 2.13. The van der Waals surface area contributed by atoms with Crippen molar-refractivity contribution in [2.24, 2.45) is 0 Å². The molecule has 0 radical (unpaired) electrons. The number of Topliss-reactive ketones (excluding diaryl/α,β-unsaturated/α-hetero) is 1. The highest BCUT2D eigenvalue weighted by molar-refractivity contribution is 6.08. The molecule has 1 aromatic carbocycles. The predicted molar refractivity (Wildman–Crippen MR) is 55.0 cm³/mol. The number of carbonyl (C=O) groups is 1. The van der Waals surface area contributed by atoms with E-state index < -0.39 is 5.83 Å². The molecular formula is C12H13FO. The van der Waals surface area contributed by atoms with Crippen LogP contribution in [0, 0.1) is 6.92 Å².